The smallest absolute Gasteiger partial charge is 0.313 e. The molecule has 0 spiro atoms. The van der Waals surface area contributed by atoms with Crippen molar-refractivity contribution in [3.8, 4) is 0 Å². The van der Waals surface area contributed by atoms with Crippen LogP contribution >= 0.6 is 12.6 Å². The maximum Gasteiger partial charge on any atom is 0.313 e. The topological polar surface area (TPSA) is 70.2 Å². The van der Waals surface area contributed by atoms with Crippen LogP contribution in [-0.4, -0.2) is 33.7 Å². The van der Waals surface area contributed by atoms with Crippen molar-refractivity contribution in [2.45, 2.75) is 33.2 Å². The molecule has 1 heterocycles. The zero-order valence-corrected chi connectivity index (χ0v) is 11.7. The van der Waals surface area contributed by atoms with Gasteiger partial charge in [-0.3, -0.25) is 14.8 Å². The Morgan fingerprint density at radius 3 is 2.61 bits per heavy atom. The lowest BCUT2D eigenvalue weighted by atomic mass is 10.2. The molecule has 0 fully saturated rings. The van der Waals surface area contributed by atoms with E-state index in [2.05, 4.69) is 17.7 Å². The predicted octanol–water partition coefficient (Wildman–Crippen LogP) is 1.86. The number of nitro groups is 1. The third kappa shape index (κ3) is 3.46. The van der Waals surface area contributed by atoms with E-state index in [4.69, 9.17) is 4.74 Å². The molecule has 6 nitrogen and oxygen atoms in total. The first-order chi connectivity index (χ1) is 8.65. The van der Waals surface area contributed by atoms with Gasteiger partial charge in [-0.1, -0.05) is 13.8 Å². The van der Waals surface area contributed by atoms with Crippen molar-refractivity contribution in [3.63, 3.8) is 0 Å². The Bertz CT molecular complexity index is 406. The highest BCUT2D eigenvalue weighted by Gasteiger charge is 2.24. The summed E-state index contributed by atoms with van der Waals surface area (Å²) in [7, 11) is 0. The zero-order chi connectivity index (χ0) is 13.5. The molecule has 0 unspecified atom stereocenters. The average Bonchev–Trinajstić information content (AvgIpc) is 2.72. The van der Waals surface area contributed by atoms with Crippen molar-refractivity contribution in [2.75, 3.05) is 19.0 Å². The second kappa shape index (κ2) is 7.38. The molecule has 7 heteroatoms. The van der Waals surface area contributed by atoms with Crippen LogP contribution < -0.4 is 0 Å². The van der Waals surface area contributed by atoms with E-state index in [1.54, 1.807) is 4.68 Å². The molecule has 0 saturated heterocycles. The molecule has 0 radical (unpaired) electrons. The fourth-order valence-corrected chi connectivity index (χ4v) is 1.97. The van der Waals surface area contributed by atoms with Crippen LogP contribution in [0.15, 0.2) is 0 Å². The summed E-state index contributed by atoms with van der Waals surface area (Å²) in [5.74, 6) is 0.667. The highest BCUT2D eigenvalue weighted by Crippen LogP contribution is 2.24. The summed E-state index contributed by atoms with van der Waals surface area (Å²) < 4.78 is 7.01. The summed E-state index contributed by atoms with van der Waals surface area (Å²) in [6.07, 6.45) is 1.16. The fraction of sp³-hybridized carbons (Fsp3) is 0.727. The van der Waals surface area contributed by atoms with Gasteiger partial charge in [0.25, 0.3) is 0 Å². The van der Waals surface area contributed by atoms with Crippen molar-refractivity contribution < 1.29 is 9.66 Å². The number of hydrogen-bond donors (Lipinski definition) is 1. The van der Waals surface area contributed by atoms with E-state index in [0.717, 1.165) is 0 Å². The Balaban J connectivity index is 2.87. The van der Waals surface area contributed by atoms with Gasteiger partial charge in [0.2, 0.25) is 0 Å². The average molecular weight is 273 g/mol. The lowest BCUT2D eigenvalue weighted by molar-refractivity contribution is -0.386. The van der Waals surface area contributed by atoms with Crippen LogP contribution in [0.5, 0.6) is 0 Å². The maximum atomic E-state index is 11.1. The van der Waals surface area contributed by atoms with E-state index in [9.17, 15) is 10.1 Å². The van der Waals surface area contributed by atoms with Gasteiger partial charge in [0.15, 0.2) is 0 Å². The summed E-state index contributed by atoms with van der Waals surface area (Å²) in [5.41, 5.74) is 1.38. The number of ether oxygens (including phenoxy) is 1. The third-order valence-corrected chi connectivity index (χ3v) is 2.82. The quantitative estimate of drug-likeness (QED) is 0.340. The van der Waals surface area contributed by atoms with Crippen molar-refractivity contribution in [3.05, 3.63) is 21.5 Å². The van der Waals surface area contributed by atoms with E-state index >= 15 is 0 Å². The lowest BCUT2D eigenvalue weighted by Gasteiger charge is -2.05. The summed E-state index contributed by atoms with van der Waals surface area (Å²) in [6, 6.07) is 0. The SMILES string of the molecule is CCc1nn(CCOCCS)c(CC)c1[N+](=O)[O-]. The largest absolute Gasteiger partial charge is 0.379 e. The van der Waals surface area contributed by atoms with E-state index in [1.165, 1.54) is 0 Å². The standard InChI is InChI=1S/C11H19N3O3S/c1-3-9-11(14(15)16)10(4-2)13(12-9)5-6-17-7-8-18/h18H,3-8H2,1-2H3. The molecular formula is C11H19N3O3S. The van der Waals surface area contributed by atoms with Gasteiger partial charge in [-0.15, -0.1) is 0 Å². The van der Waals surface area contributed by atoms with E-state index < -0.39 is 0 Å². The lowest BCUT2D eigenvalue weighted by Crippen LogP contribution is -2.11. The molecule has 1 rings (SSSR count). The molecule has 0 saturated carbocycles. The van der Waals surface area contributed by atoms with Crippen LogP contribution in [0.25, 0.3) is 0 Å². The van der Waals surface area contributed by atoms with E-state index in [0.29, 0.717) is 49.7 Å². The van der Waals surface area contributed by atoms with Gasteiger partial charge in [0.05, 0.1) is 24.7 Å². The van der Waals surface area contributed by atoms with Crippen LogP contribution in [0.4, 0.5) is 5.69 Å². The minimum atomic E-state index is -0.338. The first kappa shape index (κ1) is 15.0. The van der Waals surface area contributed by atoms with Crippen LogP contribution in [-0.2, 0) is 24.1 Å². The van der Waals surface area contributed by atoms with Crippen molar-refractivity contribution in [2.24, 2.45) is 0 Å². The van der Waals surface area contributed by atoms with Gasteiger partial charge in [-0.25, -0.2) is 0 Å². The van der Waals surface area contributed by atoms with Gasteiger partial charge >= 0.3 is 5.69 Å². The van der Waals surface area contributed by atoms with Crippen LogP contribution in [0, 0.1) is 10.1 Å². The minimum absolute atomic E-state index is 0.161. The molecule has 1 aromatic rings. The molecule has 0 atom stereocenters. The van der Waals surface area contributed by atoms with Gasteiger partial charge in [-0.05, 0) is 12.8 Å². The van der Waals surface area contributed by atoms with E-state index in [1.807, 2.05) is 13.8 Å². The second-order valence-corrected chi connectivity index (χ2v) is 4.21. The molecule has 0 aliphatic carbocycles. The Morgan fingerprint density at radius 1 is 1.39 bits per heavy atom. The monoisotopic (exact) mass is 273 g/mol. The van der Waals surface area contributed by atoms with Crippen LogP contribution in [0.2, 0.25) is 0 Å². The maximum absolute atomic E-state index is 11.1. The van der Waals surface area contributed by atoms with Gasteiger partial charge in [-0.2, -0.15) is 17.7 Å². The van der Waals surface area contributed by atoms with Crippen LogP contribution in [0.1, 0.15) is 25.2 Å². The Hall–Kier alpha value is -1.08. The van der Waals surface area contributed by atoms with Crippen molar-refractivity contribution in [1.82, 2.24) is 9.78 Å². The highest BCUT2D eigenvalue weighted by atomic mass is 32.1. The highest BCUT2D eigenvalue weighted by molar-refractivity contribution is 7.80. The molecule has 0 aliphatic heterocycles. The summed E-state index contributed by atoms with van der Waals surface area (Å²) >= 11 is 4.05. The molecule has 0 aromatic carbocycles. The van der Waals surface area contributed by atoms with E-state index in [-0.39, 0.29) is 10.6 Å². The normalized spacial score (nSPS) is 10.8. The second-order valence-electron chi connectivity index (χ2n) is 3.77. The van der Waals surface area contributed by atoms with Gasteiger partial charge in [0.1, 0.15) is 11.4 Å². The molecule has 18 heavy (non-hydrogen) atoms. The summed E-state index contributed by atoms with van der Waals surface area (Å²) in [5, 5.41) is 15.4. The van der Waals surface area contributed by atoms with Crippen molar-refractivity contribution >= 4 is 18.3 Å². The third-order valence-electron chi connectivity index (χ3n) is 2.64. The van der Waals surface area contributed by atoms with Gasteiger partial charge in [0, 0.05) is 5.75 Å². The number of aryl methyl sites for hydroxylation is 1. The molecule has 0 aliphatic rings. The predicted molar refractivity (Wildman–Crippen MR) is 72.3 cm³/mol. The number of rotatable bonds is 8. The first-order valence-electron chi connectivity index (χ1n) is 6.07. The molecule has 1 aromatic heterocycles. The molecule has 0 N–H and O–H groups in total. The van der Waals surface area contributed by atoms with Crippen LogP contribution in [0.3, 0.4) is 0 Å². The number of nitrogens with zero attached hydrogens (tertiary/aromatic N) is 3. The first-order valence-corrected chi connectivity index (χ1v) is 6.70. The summed E-state index contributed by atoms with van der Waals surface area (Å²) in [4.78, 5) is 10.7. The molecule has 0 amide bonds. The van der Waals surface area contributed by atoms with Crippen molar-refractivity contribution in [1.29, 1.82) is 0 Å². The number of thiol groups is 1. The Morgan fingerprint density at radius 2 is 2.11 bits per heavy atom. The fourth-order valence-electron chi connectivity index (χ4n) is 1.84. The zero-order valence-electron chi connectivity index (χ0n) is 10.8. The molecular weight excluding hydrogens is 254 g/mol. The van der Waals surface area contributed by atoms with Gasteiger partial charge < -0.3 is 4.74 Å². The number of aromatic nitrogens is 2. The summed E-state index contributed by atoms with van der Waals surface area (Å²) in [6.45, 7) is 5.38. The Labute approximate surface area is 112 Å². The Kier molecular flexibility index (Phi) is 6.14. The minimum Gasteiger partial charge on any atom is -0.379 e. The number of hydrogen-bond acceptors (Lipinski definition) is 5. The molecule has 0 bridgehead atoms. The molecule has 102 valence electrons.